The molecule has 4 aromatic carbocycles. The number of halogens is 2. The van der Waals surface area contributed by atoms with Crippen LogP contribution in [0.1, 0.15) is 15.9 Å². The van der Waals surface area contributed by atoms with E-state index in [9.17, 15) is 14.7 Å². The van der Waals surface area contributed by atoms with Crippen molar-refractivity contribution in [2.75, 3.05) is 59.9 Å². The Bertz CT molecular complexity index is 1860. The molecule has 0 radical (unpaired) electrons. The van der Waals surface area contributed by atoms with Gasteiger partial charge in [0.05, 0.1) is 30.5 Å². The number of methoxy groups -OCH3 is 1. The first-order valence-electron chi connectivity index (χ1n) is 14.6. The van der Waals surface area contributed by atoms with Gasteiger partial charge in [-0.1, -0.05) is 24.3 Å². The molecule has 0 fully saturated rings. The summed E-state index contributed by atoms with van der Waals surface area (Å²) in [4.78, 5) is 32.7. The van der Waals surface area contributed by atoms with Crippen molar-refractivity contribution in [3.05, 3.63) is 90.0 Å². The van der Waals surface area contributed by atoms with Gasteiger partial charge in [0.15, 0.2) is 0 Å². The second kappa shape index (κ2) is 15.0. The highest BCUT2D eigenvalue weighted by atomic mass is 35.5. The number of carbonyl (C=O) groups excluding carboxylic acids is 2. The van der Waals surface area contributed by atoms with E-state index in [2.05, 4.69) is 26.2 Å². The molecular weight excluding hydrogens is 627 g/mol. The monoisotopic (exact) mass is 660 g/mol. The van der Waals surface area contributed by atoms with Gasteiger partial charge >= 0.3 is 6.03 Å². The fraction of sp³-hybridized carbons (Fsp3) is 0.206. The van der Waals surface area contributed by atoms with Crippen molar-refractivity contribution in [1.82, 2.24) is 10.3 Å². The summed E-state index contributed by atoms with van der Waals surface area (Å²) in [5, 5.41) is 23.4. The van der Waals surface area contributed by atoms with E-state index in [-0.39, 0.29) is 12.5 Å². The summed E-state index contributed by atoms with van der Waals surface area (Å²) in [5.74, 6) is 1.23. The minimum absolute atomic E-state index is 0.249. The van der Waals surface area contributed by atoms with Gasteiger partial charge in [-0.05, 0) is 60.2 Å². The molecule has 3 amide bonds. The number of urea groups is 1. The molecule has 46 heavy (non-hydrogen) atoms. The molecule has 1 heterocycles. The highest BCUT2D eigenvalue weighted by Gasteiger charge is 2.18. The van der Waals surface area contributed by atoms with Crippen molar-refractivity contribution in [3.63, 3.8) is 0 Å². The number of aromatic nitrogens is 1. The van der Waals surface area contributed by atoms with Gasteiger partial charge in [0.1, 0.15) is 11.3 Å². The summed E-state index contributed by atoms with van der Waals surface area (Å²) < 4.78 is 5.61. The minimum atomic E-state index is -0.452. The van der Waals surface area contributed by atoms with Gasteiger partial charge < -0.3 is 36.0 Å². The molecule has 0 aliphatic rings. The molecule has 0 atom stereocenters. The third-order valence-corrected chi connectivity index (χ3v) is 7.73. The summed E-state index contributed by atoms with van der Waals surface area (Å²) >= 11 is 11.9. The Morgan fingerprint density at radius 2 is 1.50 bits per heavy atom. The Balaban J connectivity index is 1.45. The van der Waals surface area contributed by atoms with Gasteiger partial charge in [0.2, 0.25) is 0 Å². The van der Waals surface area contributed by atoms with Crippen LogP contribution >= 0.6 is 23.2 Å². The molecule has 238 valence electrons. The van der Waals surface area contributed by atoms with Crippen LogP contribution in [-0.4, -0.2) is 61.0 Å². The Morgan fingerprint density at radius 1 is 0.848 bits per heavy atom. The van der Waals surface area contributed by atoms with Crippen molar-refractivity contribution < 1.29 is 19.4 Å². The summed E-state index contributed by atoms with van der Waals surface area (Å²) in [6, 6.07) is 23.2. The van der Waals surface area contributed by atoms with Crippen LogP contribution in [0.4, 0.5) is 33.2 Å². The van der Waals surface area contributed by atoms with Crippen LogP contribution in [0.15, 0.2) is 78.9 Å². The number of alkyl halides is 2. The Labute approximate surface area is 276 Å². The number of hydrogen-bond donors (Lipinski definition) is 5. The number of carbonyl (C=O) groups is 2. The zero-order valence-electron chi connectivity index (χ0n) is 25.4. The van der Waals surface area contributed by atoms with E-state index in [1.54, 1.807) is 44.5 Å². The van der Waals surface area contributed by atoms with Crippen LogP contribution in [0.5, 0.6) is 5.75 Å². The number of amides is 3. The van der Waals surface area contributed by atoms with Crippen molar-refractivity contribution in [2.45, 2.75) is 6.61 Å². The van der Waals surface area contributed by atoms with Crippen LogP contribution in [-0.2, 0) is 6.61 Å². The highest BCUT2D eigenvalue weighted by Crippen LogP contribution is 2.38. The first kappa shape index (κ1) is 32.6. The first-order valence-corrected chi connectivity index (χ1v) is 15.6. The van der Waals surface area contributed by atoms with E-state index in [1.165, 1.54) is 0 Å². The normalized spacial score (nSPS) is 10.9. The number of para-hydroxylation sites is 2. The fourth-order valence-corrected chi connectivity index (χ4v) is 5.68. The second-order valence-electron chi connectivity index (χ2n) is 10.3. The number of nitrogens with zero attached hydrogens (tertiary/aromatic N) is 2. The van der Waals surface area contributed by atoms with E-state index in [4.69, 9.17) is 32.9 Å². The standard InChI is InChI=1S/C34H34Cl2N6O4/c1-37-33(44)28-7-3-5-26-30(27-6-4-8-29(46-2)32(27)41-31(26)28)38-23-17-21(20-43)18-24(19-23)40-34(45)39-22-9-11-25(12-10-22)42(15-13-35)16-14-36/h3-12,17-19,43H,13-16,20H2,1-2H3,(H,37,44)(H,38,41)(H2,39,40,45). The smallest absolute Gasteiger partial charge is 0.323 e. The molecule has 0 aliphatic carbocycles. The zero-order valence-corrected chi connectivity index (χ0v) is 26.9. The van der Waals surface area contributed by atoms with Crippen LogP contribution in [0.3, 0.4) is 0 Å². The molecule has 0 bridgehead atoms. The number of nitrogens with one attached hydrogen (secondary N) is 4. The van der Waals surface area contributed by atoms with E-state index < -0.39 is 6.03 Å². The molecule has 1 aromatic heterocycles. The highest BCUT2D eigenvalue weighted by molar-refractivity contribution is 6.19. The molecule has 0 saturated heterocycles. The predicted molar refractivity (Wildman–Crippen MR) is 188 cm³/mol. The van der Waals surface area contributed by atoms with Gasteiger partial charge in [-0.25, -0.2) is 9.78 Å². The molecule has 0 spiro atoms. The van der Waals surface area contributed by atoms with Crippen LogP contribution in [0.2, 0.25) is 0 Å². The number of anilines is 5. The third-order valence-electron chi connectivity index (χ3n) is 7.39. The molecule has 5 rings (SSSR count). The maximum atomic E-state index is 13.0. The zero-order chi connectivity index (χ0) is 32.6. The lowest BCUT2D eigenvalue weighted by molar-refractivity contribution is 0.0964. The lowest BCUT2D eigenvalue weighted by Gasteiger charge is -2.23. The number of pyridine rings is 1. The molecule has 0 saturated carbocycles. The molecule has 10 nitrogen and oxygen atoms in total. The van der Waals surface area contributed by atoms with Crippen LogP contribution in [0.25, 0.3) is 21.8 Å². The van der Waals surface area contributed by atoms with Gasteiger partial charge in [0.25, 0.3) is 5.91 Å². The fourth-order valence-electron chi connectivity index (χ4n) is 5.27. The Hall–Kier alpha value is -4.77. The quantitative estimate of drug-likeness (QED) is 0.0726. The first-order chi connectivity index (χ1) is 22.4. The summed E-state index contributed by atoms with van der Waals surface area (Å²) in [5.41, 5.74) is 5.38. The van der Waals surface area contributed by atoms with Crippen molar-refractivity contribution in [2.24, 2.45) is 0 Å². The number of fused-ring (bicyclic) bond motifs is 2. The third kappa shape index (κ3) is 7.20. The molecule has 12 heteroatoms. The predicted octanol–water partition coefficient (Wildman–Crippen LogP) is 6.92. The maximum absolute atomic E-state index is 13.0. The summed E-state index contributed by atoms with van der Waals surface area (Å²) in [6.07, 6.45) is 0. The number of hydrogen-bond acceptors (Lipinski definition) is 7. The lowest BCUT2D eigenvalue weighted by Crippen LogP contribution is -2.27. The van der Waals surface area contributed by atoms with Gasteiger partial charge in [-0.2, -0.15) is 0 Å². The van der Waals surface area contributed by atoms with Crippen molar-refractivity contribution >= 4 is 85.4 Å². The maximum Gasteiger partial charge on any atom is 0.323 e. The summed E-state index contributed by atoms with van der Waals surface area (Å²) in [7, 11) is 3.14. The number of aliphatic hydroxyl groups is 1. The molecular formula is C34H34Cl2N6O4. The Kier molecular flexibility index (Phi) is 10.6. The largest absolute Gasteiger partial charge is 0.494 e. The van der Waals surface area contributed by atoms with Gasteiger partial charge in [-0.3, -0.25) is 4.79 Å². The number of aliphatic hydroxyl groups excluding tert-OH is 1. The van der Waals surface area contributed by atoms with Gasteiger partial charge in [0, 0.05) is 65.4 Å². The number of benzene rings is 4. The number of rotatable bonds is 12. The van der Waals surface area contributed by atoms with Gasteiger partial charge in [-0.15, -0.1) is 23.2 Å². The topological polar surface area (TPSA) is 128 Å². The molecule has 0 aliphatic heterocycles. The average molecular weight is 662 g/mol. The van der Waals surface area contributed by atoms with E-state index in [0.717, 1.165) is 11.1 Å². The van der Waals surface area contributed by atoms with Crippen LogP contribution in [0, 0.1) is 0 Å². The SMILES string of the molecule is CNC(=O)c1cccc2c(Nc3cc(CO)cc(NC(=O)Nc4ccc(N(CCCl)CCCl)cc4)c3)c3cccc(OC)c3nc12. The van der Waals surface area contributed by atoms with Crippen molar-refractivity contribution in [1.29, 1.82) is 0 Å². The second-order valence-corrected chi connectivity index (χ2v) is 11.1. The van der Waals surface area contributed by atoms with E-state index in [1.807, 2.05) is 48.5 Å². The molecule has 0 unspecified atom stereocenters. The van der Waals surface area contributed by atoms with Crippen LogP contribution < -0.4 is 30.9 Å². The van der Waals surface area contributed by atoms with E-state index >= 15 is 0 Å². The van der Waals surface area contributed by atoms with E-state index in [0.29, 0.717) is 80.9 Å². The summed E-state index contributed by atoms with van der Waals surface area (Å²) in [6.45, 7) is 1.07. The van der Waals surface area contributed by atoms with Crippen molar-refractivity contribution in [3.8, 4) is 5.75 Å². The minimum Gasteiger partial charge on any atom is -0.494 e. The number of ether oxygens (including phenoxy) is 1. The molecule has 5 N–H and O–H groups in total. The Morgan fingerprint density at radius 3 is 2.15 bits per heavy atom. The average Bonchev–Trinajstić information content (AvgIpc) is 3.07. The lowest BCUT2D eigenvalue weighted by atomic mass is 10.0. The molecule has 5 aromatic rings.